The Labute approximate surface area is 254 Å². The monoisotopic (exact) mass is 607 g/mol. The molecular weight excluding hydrogens is 573 g/mol. The van der Waals surface area contributed by atoms with E-state index in [9.17, 15) is 0 Å². The van der Waals surface area contributed by atoms with Crippen LogP contribution in [0.15, 0.2) is 97.1 Å². The van der Waals surface area contributed by atoms with E-state index < -0.39 is 8.53 Å². The van der Waals surface area contributed by atoms with Crippen molar-refractivity contribution in [2.75, 3.05) is 0 Å². The SMILES string of the molecule is [Cu+].c1ccc2c(c1)CC[C@H]2N(C1CCCCCC1)[PH+]1Oc2ccc3ccccc3c2-c2c(ccc3ccccc23)O1. The number of benzene rings is 5. The summed E-state index contributed by atoms with van der Waals surface area (Å²) in [6.45, 7) is 0. The molecule has 0 bridgehead atoms. The van der Waals surface area contributed by atoms with Crippen molar-refractivity contribution in [2.24, 2.45) is 0 Å². The maximum absolute atomic E-state index is 7.19. The van der Waals surface area contributed by atoms with Crippen LogP contribution in [0.5, 0.6) is 11.5 Å². The van der Waals surface area contributed by atoms with Gasteiger partial charge in [-0.2, -0.15) is 0 Å². The van der Waals surface area contributed by atoms with Crippen LogP contribution in [0.2, 0.25) is 0 Å². The normalized spacial score (nSPS) is 18.9. The van der Waals surface area contributed by atoms with E-state index in [0.717, 1.165) is 35.5 Å². The number of nitrogens with zero attached hydrogens (tertiary/aromatic N) is 1. The predicted molar refractivity (Wildman–Crippen MR) is 167 cm³/mol. The molecule has 5 aromatic rings. The summed E-state index contributed by atoms with van der Waals surface area (Å²) in [5, 5.41) is 4.89. The largest absolute Gasteiger partial charge is 1.00 e. The molecule has 0 radical (unpaired) electrons. The molecule has 1 aliphatic heterocycles. The number of rotatable bonds is 3. The summed E-state index contributed by atoms with van der Waals surface area (Å²) in [5.41, 5.74) is 5.29. The molecule has 5 heteroatoms. The zero-order chi connectivity index (χ0) is 26.5. The van der Waals surface area contributed by atoms with Gasteiger partial charge in [-0.05, 0) is 70.5 Å². The molecule has 0 N–H and O–H groups in total. The molecule has 5 aromatic carbocycles. The van der Waals surface area contributed by atoms with Gasteiger partial charge in [0.25, 0.3) is 0 Å². The molecule has 1 atom stereocenters. The second kappa shape index (κ2) is 11.4. The van der Waals surface area contributed by atoms with Crippen molar-refractivity contribution < 1.29 is 26.1 Å². The fourth-order valence-electron chi connectivity index (χ4n) is 7.39. The Morgan fingerprint density at radius 2 is 1.15 bits per heavy atom. The summed E-state index contributed by atoms with van der Waals surface area (Å²) < 4.78 is 17.1. The van der Waals surface area contributed by atoms with Crippen LogP contribution in [0.1, 0.15) is 62.1 Å². The van der Waals surface area contributed by atoms with Crippen molar-refractivity contribution in [3.05, 3.63) is 108 Å². The number of hydrogen-bond acceptors (Lipinski definition) is 3. The number of aryl methyl sites for hydroxylation is 1. The molecule has 1 saturated carbocycles. The Morgan fingerprint density at radius 1 is 0.585 bits per heavy atom. The van der Waals surface area contributed by atoms with E-state index in [4.69, 9.17) is 9.05 Å². The van der Waals surface area contributed by atoms with E-state index >= 15 is 0 Å². The van der Waals surface area contributed by atoms with Crippen LogP contribution >= 0.6 is 8.53 Å². The van der Waals surface area contributed by atoms with Crippen LogP contribution < -0.4 is 9.05 Å². The third kappa shape index (κ3) is 4.76. The van der Waals surface area contributed by atoms with Crippen molar-refractivity contribution in [1.29, 1.82) is 0 Å². The third-order valence-corrected chi connectivity index (χ3v) is 11.2. The second-order valence-corrected chi connectivity index (χ2v) is 13.1. The van der Waals surface area contributed by atoms with Crippen molar-refractivity contribution in [3.63, 3.8) is 0 Å². The fraction of sp³-hybridized carbons (Fsp3) is 0.278. The van der Waals surface area contributed by atoms with Crippen molar-refractivity contribution in [3.8, 4) is 22.6 Å². The van der Waals surface area contributed by atoms with E-state index in [1.54, 1.807) is 0 Å². The summed E-state index contributed by atoms with van der Waals surface area (Å²) in [4.78, 5) is 0. The standard InChI is InChI=1S/C36H34NO2P.Cu/c1-2-4-15-28(14-3-1)37(32-22-19-25-11-5-8-16-29(25)32)40-38-33-23-20-26-12-6-9-17-30(26)35(33)36-31-18-10-7-13-27(31)21-24-34(36)39-40;/h5-13,16-18,20-21,23-24,28,32H,1-4,14-15,19,22H2;/q;+1/p+1/t32-;/m1./s1. The Bertz CT molecular complexity index is 1630. The van der Waals surface area contributed by atoms with Gasteiger partial charge in [0.05, 0.1) is 12.1 Å². The Hall–Kier alpha value is -2.87. The maximum atomic E-state index is 7.19. The third-order valence-electron chi connectivity index (χ3n) is 9.29. The van der Waals surface area contributed by atoms with Gasteiger partial charge in [0, 0.05) is 11.1 Å². The van der Waals surface area contributed by atoms with Gasteiger partial charge in [-0.15, -0.1) is 4.67 Å². The van der Waals surface area contributed by atoms with E-state index in [1.165, 1.54) is 71.2 Å². The molecule has 0 aromatic heterocycles. The van der Waals surface area contributed by atoms with Gasteiger partial charge in [-0.3, -0.25) is 9.05 Å². The average molecular weight is 608 g/mol. The Morgan fingerprint density at radius 3 is 1.78 bits per heavy atom. The van der Waals surface area contributed by atoms with Gasteiger partial charge in [-0.25, -0.2) is 0 Å². The van der Waals surface area contributed by atoms with Gasteiger partial charge in [0.15, 0.2) is 11.5 Å². The van der Waals surface area contributed by atoms with E-state index in [0.29, 0.717) is 12.1 Å². The molecule has 2 aliphatic carbocycles. The van der Waals surface area contributed by atoms with Crippen molar-refractivity contribution in [2.45, 2.75) is 63.5 Å². The molecule has 1 heterocycles. The molecule has 0 spiro atoms. The van der Waals surface area contributed by atoms with Crippen LogP contribution in [-0.4, -0.2) is 10.7 Å². The smallest absolute Gasteiger partial charge is 0.292 e. The summed E-state index contributed by atoms with van der Waals surface area (Å²) in [6.07, 6.45) is 9.93. The van der Waals surface area contributed by atoms with Crippen LogP contribution in [0, 0.1) is 0 Å². The van der Waals surface area contributed by atoms with E-state index in [-0.39, 0.29) is 17.1 Å². The number of fused-ring (bicyclic) bond motifs is 8. The molecule has 41 heavy (non-hydrogen) atoms. The number of hydrogen-bond donors (Lipinski definition) is 0. The molecule has 3 aliphatic rings. The summed E-state index contributed by atoms with van der Waals surface area (Å²) >= 11 is 0. The quantitative estimate of drug-likeness (QED) is 0.116. The molecule has 0 unspecified atom stereocenters. The van der Waals surface area contributed by atoms with Crippen LogP contribution in [0.25, 0.3) is 32.7 Å². The zero-order valence-electron chi connectivity index (χ0n) is 23.1. The summed E-state index contributed by atoms with van der Waals surface area (Å²) in [6, 6.07) is 36.0. The maximum Gasteiger partial charge on any atom is 1.00 e. The minimum Gasteiger partial charge on any atom is -0.292 e. The summed E-state index contributed by atoms with van der Waals surface area (Å²) in [7, 11) is -1.89. The van der Waals surface area contributed by atoms with Crippen LogP contribution in [0.3, 0.4) is 0 Å². The van der Waals surface area contributed by atoms with Gasteiger partial charge in [0.1, 0.15) is 0 Å². The van der Waals surface area contributed by atoms with Crippen LogP contribution in [0.4, 0.5) is 0 Å². The van der Waals surface area contributed by atoms with Gasteiger partial charge >= 0.3 is 25.6 Å². The summed E-state index contributed by atoms with van der Waals surface area (Å²) in [5.74, 6) is 1.90. The zero-order valence-corrected chi connectivity index (χ0v) is 25.1. The minimum absolute atomic E-state index is 0. The molecule has 8 rings (SSSR count). The van der Waals surface area contributed by atoms with Gasteiger partial charge in [-0.1, -0.05) is 111 Å². The van der Waals surface area contributed by atoms with E-state index in [2.05, 4.69) is 102 Å². The first-order chi connectivity index (χ1) is 19.8. The topological polar surface area (TPSA) is 21.7 Å². The van der Waals surface area contributed by atoms with Gasteiger partial charge < -0.3 is 0 Å². The fourth-order valence-corrected chi connectivity index (χ4v) is 9.44. The second-order valence-electron chi connectivity index (χ2n) is 11.6. The minimum atomic E-state index is -1.89. The molecule has 3 nitrogen and oxygen atoms in total. The van der Waals surface area contributed by atoms with Crippen molar-refractivity contribution in [1.82, 2.24) is 4.67 Å². The Balaban J connectivity index is 0.00000276. The Kier molecular flexibility index (Phi) is 7.52. The molecule has 1 fully saturated rings. The van der Waals surface area contributed by atoms with Crippen molar-refractivity contribution >= 4 is 30.1 Å². The first-order valence-corrected chi connectivity index (χ1v) is 16.2. The first-order valence-electron chi connectivity index (χ1n) is 15.0. The molecule has 0 saturated heterocycles. The van der Waals surface area contributed by atoms with Gasteiger partial charge in [0.2, 0.25) is 0 Å². The average Bonchev–Trinajstić information content (AvgIpc) is 3.15. The van der Waals surface area contributed by atoms with E-state index in [1.807, 2.05) is 0 Å². The van der Waals surface area contributed by atoms with Crippen LogP contribution in [-0.2, 0) is 23.5 Å². The first kappa shape index (κ1) is 27.0. The molecule has 210 valence electrons. The predicted octanol–water partition coefficient (Wildman–Crippen LogP) is 10.1. The molecule has 0 amide bonds. The molecular formula is C36H35CuNO2P+2.